The fourth-order valence-electron chi connectivity index (χ4n) is 3.00. The van der Waals surface area contributed by atoms with Gasteiger partial charge in [0.2, 0.25) is 0 Å². The zero-order valence-electron chi connectivity index (χ0n) is 49.0. The zero-order valence-corrected chi connectivity index (χ0v) is 49.0. The average Bonchev–Trinajstić information content (AvgIpc) is 3.46. The molecule has 0 atom stereocenters. The molecule has 8 rings (SSSR count). The van der Waals surface area contributed by atoms with E-state index in [9.17, 15) is 0 Å². The van der Waals surface area contributed by atoms with Crippen molar-refractivity contribution in [1.82, 2.24) is 80.4 Å². The van der Waals surface area contributed by atoms with Crippen molar-refractivity contribution in [2.24, 2.45) is 0 Å². The molecule has 0 unspecified atom stereocenters. The second kappa shape index (κ2) is 77.8. The van der Waals surface area contributed by atoms with Crippen LogP contribution in [-0.4, -0.2) is 80.4 Å². The summed E-state index contributed by atoms with van der Waals surface area (Å²) in [5.41, 5.74) is 6.34. The highest BCUT2D eigenvalue weighted by Crippen LogP contribution is 1.90. The minimum atomic E-state index is 0.711. The van der Waals surface area contributed by atoms with Gasteiger partial charge in [-0.15, -0.1) is 10.2 Å². The number of aromatic nitrogens is 16. The molecule has 8 aromatic rings. The van der Waals surface area contributed by atoms with Crippen LogP contribution in [0.15, 0.2) is 148 Å². The summed E-state index contributed by atoms with van der Waals surface area (Å²) in [5, 5.41) is 21.7. The fraction of sp³-hybridized carbons (Fsp3) is 0.429. The Kier molecular flexibility index (Phi) is 88.2. The summed E-state index contributed by atoms with van der Waals surface area (Å²) >= 11 is 0. The third-order valence-corrected chi connectivity index (χ3v) is 5.63. The SMILES string of the molecule is CC.CC.CC.CC.CC.CC.CC.CC.Cc1cccnc1.Cc1cccnn1.Cc1ccncc1.Cc1cnccn1.Cc1cncnc1.Cc1cncnn1.Cc1ncccn1.Cc1nccnn1. The highest BCUT2D eigenvalue weighted by molar-refractivity contribution is 5.06. The Hall–Kier alpha value is -7.36. The van der Waals surface area contributed by atoms with Gasteiger partial charge in [0, 0.05) is 80.6 Å². The zero-order chi connectivity index (χ0) is 56.9. The molecule has 0 spiro atoms. The van der Waals surface area contributed by atoms with Crippen LogP contribution < -0.4 is 0 Å². The van der Waals surface area contributed by atoms with Crippen molar-refractivity contribution >= 4 is 0 Å². The smallest absolute Gasteiger partial charge is 0.147 e. The Morgan fingerprint density at radius 1 is 0.250 bits per heavy atom. The maximum absolute atomic E-state index is 3.92. The Morgan fingerprint density at radius 3 is 0.931 bits per heavy atom. The van der Waals surface area contributed by atoms with E-state index in [2.05, 4.69) is 80.4 Å². The van der Waals surface area contributed by atoms with Gasteiger partial charge in [0.25, 0.3) is 0 Å². The molecule has 0 aliphatic rings. The Morgan fingerprint density at radius 2 is 0.708 bits per heavy atom. The number of hydrogen-bond donors (Lipinski definition) is 0. The number of pyridine rings is 2. The molecule has 0 bridgehead atoms. The van der Waals surface area contributed by atoms with Crippen LogP contribution in [0.4, 0.5) is 0 Å². The van der Waals surface area contributed by atoms with Crippen molar-refractivity contribution < 1.29 is 0 Å². The van der Waals surface area contributed by atoms with Crippen molar-refractivity contribution in [1.29, 1.82) is 0 Å². The van der Waals surface area contributed by atoms with Crippen LogP contribution >= 0.6 is 0 Å². The molecular formula is C56H96N16. The van der Waals surface area contributed by atoms with Crippen LogP contribution in [0.5, 0.6) is 0 Å². The third kappa shape index (κ3) is 74.2. The molecule has 16 heteroatoms. The molecule has 16 nitrogen and oxygen atoms in total. The summed E-state index contributed by atoms with van der Waals surface area (Å²) < 4.78 is 0. The molecule has 8 heterocycles. The molecule has 0 amide bonds. The van der Waals surface area contributed by atoms with Crippen molar-refractivity contribution in [3.63, 3.8) is 0 Å². The predicted molar refractivity (Wildman–Crippen MR) is 305 cm³/mol. The van der Waals surface area contributed by atoms with Crippen molar-refractivity contribution in [2.75, 3.05) is 0 Å². The monoisotopic (exact) mass is 993 g/mol. The first kappa shape index (κ1) is 81.6. The van der Waals surface area contributed by atoms with Gasteiger partial charge in [-0.1, -0.05) is 117 Å². The lowest BCUT2D eigenvalue weighted by Crippen LogP contribution is -1.85. The van der Waals surface area contributed by atoms with E-state index in [0.717, 1.165) is 28.5 Å². The quantitative estimate of drug-likeness (QED) is 0.138. The van der Waals surface area contributed by atoms with Crippen molar-refractivity contribution in [2.45, 2.75) is 166 Å². The van der Waals surface area contributed by atoms with E-state index in [-0.39, 0.29) is 0 Å². The summed E-state index contributed by atoms with van der Waals surface area (Å²) in [6.45, 7) is 47.3. The summed E-state index contributed by atoms with van der Waals surface area (Å²) in [4.78, 5) is 38.3. The van der Waals surface area contributed by atoms with E-state index in [0.29, 0.717) is 5.82 Å². The van der Waals surface area contributed by atoms with Gasteiger partial charge in [-0.2, -0.15) is 20.4 Å². The predicted octanol–water partition coefficient (Wildman–Crippen LogP) is 14.5. The van der Waals surface area contributed by atoms with E-state index in [1.165, 1.54) is 23.8 Å². The maximum Gasteiger partial charge on any atom is 0.147 e. The second-order valence-corrected chi connectivity index (χ2v) is 10.9. The standard InChI is InChI=1S/2C6H7N.4C5H6N2.2C4H5N3.8C2H6/c1-6-2-4-7-5-3-6;1-6-3-2-4-7-5-6;1-5-2-6-4-7-3-5;1-5-4-6-2-3-7-5;1-5-6-3-2-4-7-5;1-5-3-2-4-6-7-5;1-4-2-5-3-6-7-4;1-4-5-2-3-6-7-4;8*1-2/h2*2-5H,1H3;4*2-4H,1H3;2*2-3H,1H3;8*1-2H3. The minimum absolute atomic E-state index is 0.711. The summed E-state index contributed by atoms with van der Waals surface area (Å²) in [5.74, 6) is 1.53. The lowest BCUT2D eigenvalue weighted by molar-refractivity contribution is 0.907. The number of aryl methyl sites for hydroxylation is 8. The van der Waals surface area contributed by atoms with E-state index in [1.807, 2.05) is 202 Å². The van der Waals surface area contributed by atoms with Crippen LogP contribution in [0.3, 0.4) is 0 Å². The Labute approximate surface area is 438 Å². The lowest BCUT2D eigenvalue weighted by Gasteiger charge is -1.82. The van der Waals surface area contributed by atoms with Crippen LogP contribution in [0.25, 0.3) is 0 Å². The van der Waals surface area contributed by atoms with Gasteiger partial charge in [-0.3, -0.25) is 19.9 Å². The molecule has 72 heavy (non-hydrogen) atoms. The second-order valence-electron chi connectivity index (χ2n) is 10.9. The van der Waals surface area contributed by atoms with Gasteiger partial charge in [0.1, 0.15) is 24.3 Å². The van der Waals surface area contributed by atoms with Crippen LogP contribution in [0.2, 0.25) is 0 Å². The minimum Gasteiger partial charge on any atom is -0.265 e. The largest absolute Gasteiger partial charge is 0.265 e. The highest BCUT2D eigenvalue weighted by atomic mass is 15.1. The van der Waals surface area contributed by atoms with Gasteiger partial charge >= 0.3 is 0 Å². The molecular weight excluding hydrogens is 897 g/mol. The summed E-state index contributed by atoms with van der Waals surface area (Å²) in [6, 6.07) is 13.5. The van der Waals surface area contributed by atoms with E-state index >= 15 is 0 Å². The molecule has 0 aromatic carbocycles. The van der Waals surface area contributed by atoms with Crippen LogP contribution in [0, 0.1) is 55.4 Å². The first-order valence-corrected chi connectivity index (χ1v) is 25.0. The number of nitrogens with zero attached hydrogens (tertiary/aromatic N) is 16. The Balaban J connectivity index is -0.000000104. The van der Waals surface area contributed by atoms with Gasteiger partial charge in [0.05, 0.1) is 29.5 Å². The average molecular weight is 993 g/mol. The molecule has 0 aliphatic heterocycles. The molecule has 0 aliphatic carbocycles. The van der Waals surface area contributed by atoms with Crippen molar-refractivity contribution in [3.8, 4) is 0 Å². The molecule has 8 aromatic heterocycles. The Bertz CT molecular complexity index is 1540. The maximum atomic E-state index is 3.92. The summed E-state index contributed by atoms with van der Waals surface area (Å²) in [6.07, 6.45) is 28.6. The lowest BCUT2D eigenvalue weighted by atomic mass is 10.3. The molecule has 0 radical (unpaired) electrons. The van der Waals surface area contributed by atoms with Gasteiger partial charge in [0.15, 0.2) is 0 Å². The van der Waals surface area contributed by atoms with E-state index in [1.54, 1.807) is 99.7 Å². The van der Waals surface area contributed by atoms with E-state index < -0.39 is 0 Å². The fourth-order valence-corrected chi connectivity index (χ4v) is 3.00. The van der Waals surface area contributed by atoms with Gasteiger partial charge in [-0.05, 0) is 108 Å². The van der Waals surface area contributed by atoms with Gasteiger partial charge in [-0.25, -0.2) is 29.9 Å². The van der Waals surface area contributed by atoms with Crippen LogP contribution in [-0.2, 0) is 0 Å². The molecule has 0 fully saturated rings. The topological polar surface area (TPSA) is 206 Å². The van der Waals surface area contributed by atoms with Crippen molar-refractivity contribution in [3.05, 3.63) is 193 Å². The molecule has 0 saturated carbocycles. The number of hydrogen-bond acceptors (Lipinski definition) is 16. The van der Waals surface area contributed by atoms with Gasteiger partial charge < -0.3 is 0 Å². The molecule has 0 saturated heterocycles. The normalized spacial score (nSPS) is 7.44. The molecule has 0 N–H and O–H groups in total. The first-order valence-electron chi connectivity index (χ1n) is 25.0. The highest BCUT2D eigenvalue weighted by Gasteiger charge is 1.79. The summed E-state index contributed by atoms with van der Waals surface area (Å²) in [7, 11) is 0. The number of rotatable bonds is 0. The first-order chi connectivity index (χ1) is 35.2. The third-order valence-electron chi connectivity index (χ3n) is 5.63. The molecule has 400 valence electrons. The van der Waals surface area contributed by atoms with Crippen LogP contribution in [0.1, 0.15) is 156 Å². The van der Waals surface area contributed by atoms with E-state index in [4.69, 9.17) is 0 Å².